The van der Waals surface area contributed by atoms with Crippen LogP contribution in [0.2, 0.25) is 0 Å². The molecule has 0 fully saturated rings. The molecule has 0 saturated carbocycles. The van der Waals surface area contributed by atoms with E-state index in [1.165, 1.54) is 66.4 Å². The second-order valence-electron chi connectivity index (χ2n) is 20.1. The number of hydrogen-bond donors (Lipinski definition) is 0. The number of benzene rings is 12. The predicted molar refractivity (Wildman–Crippen MR) is 318 cm³/mol. The first-order valence-corrected chi connectivity index (χ1v) is 26.0. The largest absolute Gasteiger partial charge is 0.310 e. The number of rotatable bonds is 11. The number of nitrogens with zero attached hydrogens (tertiary/aromatic N) is 2. The van der Waals surface area contributed by atoms with Crippen molar-refractivity contribution in [2.45, 2.75) is 19.3 Å². The normalized spacial score (nSPS) is 12.2. The summed E-state index contributed by atoms with van der Waals surface area (Å²) in [6, 6.07) is 107. The van der Waals surface area contributed by atoms with Crippen molar-refractivity contribution in [3.05, 3.63) is 302 Å². The van der Waals surface area contributed by atoms with Gasteiger partial charge in [0, 0.05) is 39.4 Å². The quantitative estimate of drug-likeness (QED) is 0.127. The lowest BCUT2D eigenvalue weighted by atomic mass is 9.82. The van der Waals surface area contributed by atoms with Crippen molar-refractivity contribution in [1.82, 2.24) is 0 Å². The lowest BCUT2D eigenvalue weighted by Gasteiger charge is -2.32. The Morgan fingerprint density at radius 1 is 0.253 bits per heavy atom. The summed E-state index contributed by atoms with van der Waals surface area (Å²) in [6.45, 7) is 4.75. The third-order valence-electron chi connectivity index (χ3n) is 15.2. The molecule has 0 atom stereocenters. The maximum Gasteiger partial charge on any atom is 0.0546 e. The average Bonchev–Trinajstić information content (AvgIpc) is 3.71. The van der Waals surface area contributed by atoms with Crippen molar-refractivity contribution in [3.63, 3.8) is 0 Å². The van der Waals surface area contributed by atoms with Gasteiger partial charge in [-0.05, 0) is 144 Å². The van der Waals surface area contributed by atoms with Crippen LogP contribution in [0.4, 0.5) is 34.1 Å². The van der Waals surface area contributed by atoms with Crippen LogP contribution in [0.1, 0.15) is 25.0 Å². The molecule has 12 aromatic rings. The molecule has 0 aliphatic heterocycles. The standard InChI is InChI=1S/C73H54N2/c1-73(2)68-38-21-20-35-66(68)67-45-44-60(50-69(67)73)75(70-46-43-54-27-18-19-34-65(54)72(70)55-28-12-5-13-29-55)62-48-57(47-61(49-62)74(58-30-14-6-15-31-58)59-32-16-7-17-33-59)51-39-41-56(42-40-51)71-63(52-23-8-3-9-24-52)36-22-37-64(71)53-25-10-4-11-26-53/h3-50H,1-2H3. The van der Waals surface area contributed by atoms with Crippen molar-refractivity contribution in [2.24, 2.45) is 0 Å². The molecule has 0 amide bonds. The zero-order chi connectivity index (χ0) is 50.3. The minimum atomic E-state index is -0.203. The Labute approximate surface area is 440 Å². The van der Waals surface area contributed by atoms with E-state index < -0.39 is 0 Å². The molecule has 356 valence electrons. The number of para-hydroxylation sites is 2. The van der Waals surface area contributed by atoms with E-state index in [9.17, 15) is 0 Å². The highest BCUT2D eigenvalue weighted by molar-refractivity contribution is 6.06. The molecule has 12 aromatic carbocycles. The molecule has 13 rings (SSSR count). The number of hydrogen-bond acceptors (Lipinski definition) is 2. The van der Waals surface area contributed by atoms with Crippen LogP contribution in [0.25, 0.3) is 77.5 Å². The average molecular weight is 959 g/mol. The lowest BCUT2D eigenvalue weighted by Crippen LogP contribution is -2.17. The van der Waals surface area contributed by atoms with Crippen molar-refractivity contribution in [1.29, 1.82) is 0 Å². The lowest BCUT2D eigenvalue weighted by molar-refractivity contribution is 0.660. The smallest absolute Gasteiger partial charge is 0.0546 e. The summed E-state index contributed by atoms with van der Waals surface area (Å²) in [5.74, 6) is 0. The van der Waals surface area contributed by atoms with Gasteiger partial charge in [0.15, 0.2) is 0 Å². The fourth-order valence-electron chi connectivity index (χ4n) is 11.6. The molecule has 2 heteroatoms. The van der Waals surface area contributed by atoms with Gasteiger partial charge in [-0.15, -0.1) is 0 Å². The van der Waals surface area contributed by atoms with Crippen LogP contribution >= 0.6 is 0 Å². The van der Waals surface area contributed by atoms with Crippen LogP contribution in [0.15, 0.2) is 291 Å². The molecule has 0 unspecified atom stereocenters. The highest BCUT2D eigenvalue weighted by atomic mass is 15.2. The van der Waals surface area contributed by atoms with Gasteiger partial charge in [0.1, 0.15) is 0 Å². The fraction of sp³-hybridized carbons (Fsp3) is 0.0411. The Hall–Kier alpha value is -9.50. The van der Waals surface area contributed by atoms with Crippen LogP contribution in [0.5, 0.6) is 0 Å². The predicted octanol–water partition coefficient (Wildman–Crippen LogP) is 20.4. The maximum atomic E-state index is 2.52. The van der Waals surface area contributed by atoms with E-state index in [0.717, 1.165) is 56.4 Å². The first-order valence-electron chi connectivity index (χ1n) is 26.0. The SMILES string of the molecule is CC1(C)c2ccccc2-c2ccc(N(c3cc(-c4ccc(-c5c(-c6ccccc6)cccc5-c5ccccc5)cc4)cc(N(c4ccccc4)c4ccccc4)c3)c3ccc4ccccc4c3-c3ccccc3)cc21. The zero-order valence-corrected chi connectivity index (χ0v) is 42.1. The second-order valence-corrected chi connectivity index (χ2v) is 20.1. The van der Waals surface area contributed by atoms with Gasteiger partial charge >= 0.3 is 0 Å². The minimum Gasteiger partial charge on any atom is -0.310 e. The third kappa shape index (κ3) is 8.27. The first kappa shape index (κ1) is 45.4. The van der Waals surface area contributed by atoms with E-state index in [0.29, 0.717) is 0 Å². The molecular weight excluding hydrogens is 905 g/mol. The molecule has 1 aliphatic rings. The molecule has 1 aliphatic carbocycles. The van der Waals surface area contributed by atoms with Gasteiger partial charge in [-0.3, -0.25) is 0 Å². The topological polar surface area (TPSA) is 6.48 Å². The molecular formula is C73H54N2. The Morgan fingerprint density at radius 2 is 0.733 bits per heavy atom. The number of fused-ring (bicyclic) bond motifs is 4. The van der Waals surface area contributed by atoms with Gasteiger partial charge in [0.25, 0.3) is 0 Å². The summed E-state index contributed by atoms with van der Waals surface area (Å²) in [5, 5.41) is 2.40. The molecule has 0 bridgehead atoms. The van der Waals surface area contributed by atoms with Crippen LogP contribution < -0.4 is 9.80 Å². The van der Waals surface area contributed by atoms with Crippen molar-refractivity contribution >= 4 is 44.9 Å². The molecule has 0 saturated heterocycles. The van der Waals surface area contributed by atoms with E-state index in [1.807, 2.05) is 0 Å². The molecule has 0 N–H and O–H groups in total. The first-order chi connectivity index (χ1) is 37.0. The second kappa shape index (κ2) is 19.2. The van der Waals surface area contributed by atoms with Crippen LogP contribution in [-0.2, 0) is 5.41 Å². The van der Waals surface area contributed by atoms with Crippen LogP contribution in [0.3, 0.4) is 0 Å². The molecule has 75 heavy (non-hydrogen) atoms. The van der Waals surface area contributed by atoms with Gasteiger partial charge in [-0.1, -0.05) is 244 Å². The summed E-state index contributed by atoms with van der Waals surface area (Å²) >= 11 is 0. The fourth-order valence-corrected chi connectivity index (χ4v) is 11.6. The highest BCUT2D eigenvalue weighted by Crippen LogP contribution is 2.53. The van der Waals surface area contributed by atoms with E-state index in [-0.39, 0.29) is 5.41 Å². The Morgan fingerprint density at radius 3 is 1.36 bits per heavy atom. The van der Waals surface area contributed by atoms with Crippen molar-refractivity contribution < 1.29 is 0 Å². The van der Waals surface area contributed by atoms with E-state index in [4.69, 9.17) is 0 Å². The van der Waals surface area contributed by atoms with Crippen molar-refractivity contribution in [2.75, 3.05) is 9.80 Å². The third-order valence-corrected chi connectivity index (χ3v) is 15.2. The Balaban J connectivity index is 1.07. The van der Waals surface area contributed by atoms with Crippen molar-refractivity contribution in [3.8, 4) is 66.8 Å². The molecule has 0 aromatic heterocycles. The Kier molecular flexibility index (Phi) is 11.6. The van der Waals surface area contributed by atoms with Gasteiger partial charge in [0.2, 0.25) is 0 Å². The number of anilines is 6. The van der Waals surface area contributed by atoms with Gasteiger partial charge in [0.05, 0.1) is 5.69 Å². The summed E-state index contributed by atoms with van der Waals surface area (Å²) in [6.07, 6.45) is 0. The maximum absolute atomic E-state index is 2.52. The van der Waals surface area contributed by atoms with E-state index in [1.54, 1.807) is 0 Å². The molecule has 2 nitrogen and oxygen atoms in total. The Bertz CT molecular complexity index is 3900. The minimum absolute atomic E-state index is 0.203. The van der Waals surface area contributed by atoms with E-state index in [2.05, 4.69) is 315 Å². The van der Waals surface area contributed by atoms with Crippen LogP contribution in [-0.4, -0.2) is 0 Å². The van der Waals surface area contributed by atoms with Crippen LogP contribution in [0, 0.1) is 0 Å². The molecule has 0 spiro atoms. The summed E-state index contributed by atoms with van der Waals surface area (Å²) in [7, 11) is 0. The van der Waals surface area contributed by atoms with Gasteiger partial charge in [-0.2, -0.15) is 0 Å². The van der Waals surface area contributed by atoms with Gasteiger partial charge in [-0.25, -0.2) is 0 Å². The molecule has 0 radical (unpaired) electrons. The monoisotopic (exact) mass is 958 g/mol. The summed E-state index contributed by atoms with van der Waals surface area (Å²) < 4.78 is 0. The van der Waals surface area contributed by atoms with E-state index >= 15 is 0 Å². The molecule has 0 heterocycles. The highest BCUT2D eigenvalue weighted by Gasteiger charge is 2.36. The summed E-state index contributed by atoms with van der Waals surface area (Å²) in [5.41, 5.74) is 23.3. The zero-order valence-electron chi connectivity index (χ0n) is 42.1. The van der Waals surface area contributed by atoms with Gasteiger partial charge < -0.3 is 9.80 Å². The summed E-state index contributed by atoms with van der Waals surface area (Å²) in [4.78, 5) is 4.91.